The minimum Gasteiger partial charge on any atom is -0.375 e. The maximum atomic E-state index is 6.16. The summed E-state index contributed by atoms with van der Waals surface area (Å²) in [5.74, 6) is 0.660. The first-order chi connectivity index (χ1) is 10.4. The minimum atomic E-state index is 0.416. The summed E-state index contributed by atoms with van der Waals surface area (Å²) in [5.41, 5.74) is 1.45. The van der Waals surface area contributed by atoms with Gasteiger partial charge in [-0.15, -0.1) is 0 Å². The molecule has 3 nitrogen and oxygen atoms in total. The van der Waals surface area contributed by atoms with Crippen molar-refractivity contribution in [3.05, 3.63) is 46.9 Å². The highest BCUT2D eigenvalue weighted by molar-refractivity contribution is 7.07. The van der Waals surface area contributed by atoms with Gasteiger partial charge in [-0.05, 0) is 47.4 Å². The molecule has 21 heavy (non-hydrogen) atoms. The fourth-order valence-electron chi connectivity index (χ4n) is 3.91. The number of ether oxygens (including phenoxy) is 1. The van der Waals surface area contributed by atoms with E-state index in [-0.39, 0.29) is 0 Å². The molecule has 0 spiro atoms. The maximum Gasteiger partial charge on any atom is 0.0776 e. The number of nitrogens with zero attached hydrogens (tertiary/aromatic N) is 2. The van der Waals surface area contributed by atoms with Crippen LogP contribution in [0.1, 0.15) is 18.4 Å². The average Bonchev–Trinajstić information content (AvgIpc) is 3.22. The van der Waals surface area contributed by atoms with Gasteiger partial charge in [0.15, 0.2) is 0 Å². The van der Waals surface area contributed by atoms with Crippen LogP contribution in [0.2, 0.25) is 0 Å². The van der Waals surface area contributed by atoms with Crippen molar-refractivity contribution >= 4 is 11.3 Å². The quantitative estimate of drug-likeness (QED) is 0.863. The lowest BCUT2D eigenvalue weighted by molar-refractivity contribution is -0.0785. The third-order valence-electron chi connectivity index (χ3n) is 4.91. The normalized spacial score (nSPS) is 29.6. The summed E-state index contributed by atoms with van der Waals surface area (Å²) in [6.45, 7) is 4.14. The molecule has 3 atom stereocenters. The van der Waals surface area contributed by atoms with Crippen molar-refractivity contribution in [1.82, 2.24) is 9.47 Å². The van der Waals surface area contributed by atoms with Crippen molar-refractivity contribution in [2.24, 2.45) is 5.92 Å². The Bertz CT molecular complexity index is 551. The first-order valence-electron chi connectivity index (χ1n) is 7.87. The van der Waals surface area contributed by atoms with Crippen LogP contribution in [0.15, 0.2) is 41.4 Å². The lowest BCUT2D eigenvalue weighted by atomic mass is 10.0. The van der Waals surface area contributed by atoms with Crippen LogP contribution in [0, 0.1) is 5.92 Å². The lowest BCUT2D eigenvalue weighted by Gasteiger charge is -2.39. The van der Waals surface area contributed by atoms with Gasteiger partial charge in [0.2, 0.25) is 0 Å². The number of hydrogen-bond donors (Lipinski definition) is 0. The minimum absolute atomic E-state index is 0.416. The SMILES string of the molecule is c1ccn(C[C@@H]2CC[C@@H]3[C@H]2OCCN3Cc2ccsc2)c1. The molecule has 2 aliphatic rings. The Morgan fingerprint density at radius 2 is 2.14 bits per heavy atom. The van der Waals surface area contributed by atoms with Crippen molar-refractivity contribution in [3.63, 3.8) is 0 Å². The Morgan fingerprint density at radius 1 is 1.24 bits per heavy atom. The van der Waals surface area contributed by atoms with E-state index < -0.39 is 0 Å². The van der Waals surface area contributed by atoms with Crippen LogP contribution in [0.3, 0.4) is 0 Å². The predicted octanol–water partition coefficient (Wildman–Crippen LogP) is 3.23. The van der Waals surface area contributed by atoms with Crippen molar-refractivity contribution in [3.8, 4) is 0 Å². The number of fused-ring (bicyclic) bond motifs is 1. The molecule has 4 rings (SSSR count). The Hall–Kier alpha value is -1.10. The zero-order valence-corrected chi connectivity index (χ0v) is 13.0. The zero-order chi connectivity index (χ0) is 14.1. The van der Waals surface area contributed by atoms with Crippen LogP contribution in [-0.4, -0.2) is 34.8 Å². The molecule has 2 aromatic heterocycles. The summed E-state index contributed by atoms with van der Waals surface area (Å²) < 4.78 is 8.46. The second-order valence-corrected chi connectivity index (χ2v) is 7.00. The van der Waals surface area contributed by atoms with Gasteiger partial charge in [-0.3, -0.25) is 4.90 Å². The maximum absolute atomic E-state index is 6.16. The predicted molar refractivity (Wildman–Crippen MR) is 85.4 cm³/mol. The van der Waals surface area contributed by atoms with E-state index in [2.05, 4.69) is 50.8 Å². The third-order valence-corrected chi connectivity index (χ3v) is 5.64. The van der Waals surface area contributed by atoms with E-state index in [0.29, 0.717) is 18.1 Å². The fraction of sp³-hybridized carbons (Fsp3) is 0.529. The van der Waals surface area contributed by atoms with Crippen LogP contribution >= 0.6 is 11.3 Å². The molecule has 0 aromatic carbocycles. The van der Waals surface area contributed by atoms with E-state index in [1.165, 1.54) is 18.4 Å². The molecule has 0 N–H and O–H groups in total. The Balaban J connectivity index is 1.44. The highest BCUT2D eigenvalue weighted by Gasteiger charge is 2.42. The van der Waals surface area contributed by atoms with Gasteiger partial charge in [-0.25, -0.2) is 0 Å². The molecule has 0 unspecified atom stereocenters. The van der Waals surface area contributed by atoms with Crippen molar-refractivity contribution in [1.29, 1.82) is 0 Å². The Kier molecular flexibility index (Phi) is 3.84. The van der Waals surface area contributed by atoms with Gasteiger partial charge in [0.1, 0.15) is 0 Å². The smallest absolute Gasteiger partial charge is 0.0776 e. The molecule has 1 saturated heterocycles. The molecule has 3 heterocycles. The molecule has 0 radical (unpaired) electrons. The Labute approximate surface area is 130 Å². The summed E-state index contributed by atoms with van der Waals surface area (Å²) in [7, 11) is 0. The number of hydrogen-bond acceptors (Lipinski definition) is 3. The van der Waals surface area contributed by atoms with Crippen molar-refractivity contribution in [2.75, 3.05) is 13.2 Å². The van der Waals surface area contributed by atoms with Crippen molar-refractivity contribution in [2.45, 2.75) is 38.1 Å². The van der Waals surface area contributed by atoms with Gasteiger partial charge in [0, 0.05) is 44.0 Å². The fourth-order valence-corrected chi connectivity index (χ4v) is 4.57. The monoisotopic (exact) mass is 302 g/mol. The molecule has 0 bridgehead atoms. The molecule has 2 fully saturated rings. The van der Waals surface area contributed by atoms with Crippen LogP contribution in [0.4, 0.5) is 0 Å². The largest absolute Gasteiger partial charge is 0.375 e. The molecular weight excluding hydrogens is 280 g/mol. The molecule has 0 amide bonds. The van der Waals surface area contributed by atoms with Gasteiger partial charge in [0.25, 0.3) is 0 Å². The number of morpholine rings is 1. The van der Waals surface area contributed by atoms with E-state index in [9.17, 15) is 0 Å². The summed E-state index contributed by atoms with van der Waals surface area (Å²) in [5, 5.41) is 4.45. The number of aromatic nitrogens is 1. The highest BCUT2D eigenvalue weighted by Crippen LogP contribution is 2.36. The summed E-state index contributed by atoms with van der Waals surface area (Å²) >= 11 is 1.80. The van der Waals surface area contributed by atoms with E-state index >= 15 is 0 Å². The second kappa shape index (κ2) is 5.95. The van der Waals surface area contributed by atoms with Crippen molar-refractivity contribution < 1.29 is 4.74 Å². The standard InChI is InChI=1S/C17H22N2OS/c1-2-7-18(6-1)12-15-3-4-16-17(15)20-9-8-19(16)11-14-5-10-21-13-14/h1-2,5-7,10,13,15-17H,3-4,8-9,11-12H2/t15-,16+,17-/m0/s1. The van der Waals surface area contributed by atoms with E-state index in [1.807, 2.05) is 0 Å². The number of thiophene rings is 1. The van der Waals surface area contributed by atoms with Crippen LogP contribution in [0.25, 0.3) is 0 Å². The van der Waals surface area contributed by atoms with Crippen LogP contribution < -0.4 is 0 Å². The molecule has 2 aromatic rings. The Morgan fingerprint density at radius 3 is 2.95 bits per heavy atom. The highest BCUT2D eigenvalue weighted by atomic mass is 32.1. The first kappa shape index (κ1) is 13.6. The van der Waals surface area contributed by atoms with E-state index in [1.54, 1.807) is 11.3 Å². The van der Waals surface area contributed by atoms with Gasteiger partial charge in [-0.2, -0.15) is 11.3 Å². The average molecular weight is 302 g/mol. The molecule has 1 aliphatic carbocycles. The zero-order valence-electron chi connectivity index (χ0n) is 12.2. The van der Waals surface area contributed by atoms with Crippen LogP contribution in [0.5, 0.6) is 0 Å². The third kappa shape index (κ3) is 2.80. The van der Waals surface area contributed by atoms with Gasteiger partial charge < -0.3 is 9.30 Å². The van der Waals surface area contributed by atoms with E-state index in [0.717, 1.165) is 26.2 Å². The second-order valence-electron chi connectivity index (χ2n) is 6.22. The molecule has 4 heteroatoms. The van der Waals surface area contributed by atoms with Gasteiger partial charge in [0.05, 0.1) is 12.7 Å². The lowest BCUT2D eigenvalue weighted by Crippen LogP contribution is -2.50. The summed E-state index contributed by atoms with van der Waals surface area (Å²) in [6, 6.07) is 7.08. The number of rotatable bonds is 4. The van der Waals surface area contributed by atoms with Crippen LogP contribution in [-0.2, 0) is 17.8 Å². The summed E-state index contributed by atoms with van der Waals surface area (Å²) in [4.78, 5) is 2.64. The first-order valence-corrected chi connectivity index (χ1v) is 8.82. The molecule has 1 saturated carbocycles. The molecule has 1 aliphatic heterocycles. The molecular formula is C17H22N2OS. The topological polar surface area (TPSA) is 17.4 Å². The van der Waals surface area contributed by atoms with Gasteiger partial charge in [-0.1, -0.05) is 0 Å². The van der Waals surface area contributed by atoms with E-state index in [4.69, 9.17) is 4.74 Å². The summed E-state index contributed by atoms with van der Waals surface area (Å²) in [6.07, 6.45) is 7.31. The van der Waals surface area contributed by atoms with Gasteiger partial charge >= 0.3 is 0 Å². The molecule has 112 valence electrons.